The lowest BCUT2D eigenvalue weighted by atomic mass is 9.86. The molecule has 0 saturated carbocycles. The first-order valence-electron chi connectivity index (χ1n) is 8.36. The second-order valence-corrected chi connectivity index (χ2v) is 6.77. The van der Waals surface area contributed by atoms with Gasteiger partial charge in [0.25, 0.3) is 5.91 Å². The number of amides is 1. The van der Waals surface area contributed by atoms with E-state index in [2.05, 4.69) is 36.0 Å². The van der Waals surface area contributed by atoms with Gasteiger partial charge in [-0.1, -0.05) is 56.3 Å². The van der Waals surface area contributed by atoms with Gasteiger partial charge in [-0.25, -0.2) is 0 Å². The number of halogens is 2. The van der Waals surface area contributed by atoms with Gasteiger partial charge < -0.3 is 14.9 Å². The Labute approximate surface area is 157 Å². The summed E-state index contributed by atoms with van der Waals surface area (Å²) < 4.78 is 29.1. The number of hydrogen-bond acceptors (Lipinski definition) is 4. The summed E-state index contributed by atoms with van der Waals surface area (Å²) in [5, 5.41) is 6.44. The maximum absolute atomic E-state index is 12.4. The number of ether oxygens (including phenoxy) is 1. The lowest BCUT2D eigenvalue weighted by Gasteiger charge is -2.22. The van der Waals surface area contributed by atoms with Crippen molar-refractivity contribution < 1.29 is 23.1 Å². The minimum atomic E-state index is -2.94. The van der Waals surface area contributed by atoms with Crippen molar-refractivity contribution in [2.75, 3.05) is 11.9 Å². The number of oxime groups is 1. The summed E-state index contributed by atoms with van der Waals surface area (Å²) in [6.07, 6.45) is 1.22. The molecule has 0 spiro atoms. The molecule has 2 aromatic carbocycles. The van der Waals surface area contributed by atoms with Crippen molar-refractivity contribution >= 4 is 17.8 Å². The topological polar surface area (TPSA) is 59.9 Å². The minimum Gasteiger partial charge on any atom is -0.434 e. The summed E-state index contributed by atoms with van der Waals surface area (Å²) >= 11 is 0. The van der Waals surface area contributed by atoms with Crippen molar-refractivity contribution in [2.24, 2.45) is 5.16 Å². The van der Waals surface area contributed by atoms with Crippen LogP contribution in [0.5, 0.6) is 5.75 Å². The number of carbonyl (C=O) groups is 1. The molecular formula is C20H22F2N2O3. The van der Waals surface area contributed by atoms with Crippen LogP contribution < -0.4 is 10.1 Å². The summed E-state index contributed by atoms with van der Waals surface area (Å²) in [6.45, 7) is 2.91. The lowest BCUT2D eigenvalue weighted by Crippen LogP contribution is -2.21. The van der Waals surface area contributed by atoms with Crippen molar-refractivity contribution in [3.63, 3.8) is 0 Å². The van der Waals surface area contributed by atoms with E-state index >= 15 is 0 Å². The molecule has 7 heteroatoms. The van der Waals surface area contributed by atoms with E-state index < -0.39 is 6.61 Å². The van der Waals surface area contributed by atoms with Crippen molar-refractivity contribution in [3.05, 3.63) is 59.7 Å². The molecule has 0 aromatic heterocycles. The van der Waals surface area contributed by atoms with Crippen LogP contribution in [-0.4, -0.2) is 25.3 Å². The van der Waals surface area contributed by atoms with Crippen LogP contribution >= 0.6 is 0 Å². The average molecular weight is 376 g/mol. The van der Waals surface area contributed by atoms with Crippen LogP contribution in [0.1, 0.15) is 31.9 Å². The highest BCUT2D eigenvalue weighted by atomic mass is 19.3. The Hall–Kier alpha value is -2.96. The highest BCUT2D eigenvalue weighted by molar-refractivity contribution is 5.92. The van der Waals surface area contributed by atoms with E-state index in [9.17, 15) is 13.6 Å². The van der Waals surface area contributed by atoms with E-state index in [1.807, 2.05) is 24.3 Å². The van der Waals surface area contributed by atoms with Crippen LogP contribution in [-0.2, 0) is 15.0 Å². The Balaban J connectivity index is 1.93. The fraction of sp³-hybridized carbons (Fsp3) is 0.300. The fourth-order valence-electron chi connectivity index (χ4n) is 2.41. The molecule has 27 heavy (non-hydrogen) atoms. The van der Waals surface area contributed by atoms with Crippen LogP contribution in [0.15, 0.2) is 53.7 Å². The van der Waals surface area contributed by atoms with Gasteiger partial charge in [-0.3, -0.25) is 4.79 Å². The molecule has 2 aromatic rings. The number of benzene rings is 2. The first-order valence-corrected chi connectivity index (χ1v) is 8.36. The summed E-state index contributed by atoms with van der Waals surface area (Å²) in [7, 11) is 0. The van der Waals surface area contributed by atoms with Crippen molar-refractivity contribution in [2.45, 2.75) is 32.8 Å². The SMILES string of the molecule is CC(C)(C)c1ccccc1NC(=O)CO/N=C/c1ccccc1OC(F)F. The summed E-state index contributed by atoms with van der Waals surface area (Å²) in [6, 6.07) is 13.7. The molecule has 0 atom stereocenters. The Bertz CT molecular complexity index is 802. The molecule has 0 unspecified atom stereocenters. The van der Waals surface area contributed by atoms with Gasteiger partial charge in [0, 0.05) is 11.3 Å². The highest BCUT2D eigenvalue weighted by Crippen LogP contribution is 2.29. The average Bonchev–Trinajstić information content (AvgIpc) is 2.59. The number of alkyl halides is 2. The molecule has 5 nitrogen and oxygen atoms in total. The largest absolute Gasteiger partial charge is 0.434 e. The van der Waals surface area contributed by atoms with Crippen LogP contribution in [0.4, 0.5) is 14.5 Å². The molecule has 0 aliphatic carbocycles. The first-order chi connectivity index (χ1) is 12.8. The van der Waals surface area contributed by atoms with Gasteiger partial charge in [0.2, 0.25) is 0 Å². The maximum atomic E-state index is 12.4. The zero-order valence-corrected chi connectivity index (χ0v) is 15.4. The quantitative estimate of drug-likeness (QED) is 0.569. The zero-order valence-electron chi connectivity index (χ0n) is 15.4. The van der Waals surface area contributed by atoms with E-state index in [1.165, 1.54) is 12.3 Å². The van der Waals surface area contributed by atoms with Gasteiger partial charge in [0.05, 0.1) is 6.21 Å². The molecule has 0 heterocycles. The number of nitrogens with zero attached hydrogens (tertiary/aromatic N) is 1. The number of anilines is 1. The van der Waals surface area contributed by atoms with Gasteiger partial charge in [0.1, 0.15) is 5.75 Å². The predicted octanol–water partition coefficient (Wildman–Crippen LogP) is 4.57. The molecule has 1 N–H and O–H groups in total. The molecule has 144 valence electrons. The second kappa shape index (κ2) is 9.12. The van der Waals surface area contributed by atoms with Crippen molar-refractivity contribution in [1.29, 1.82) is 0 Å². The number of para-hydroxylation sites is 2. The zero-order chi connectivity index (χ0) is 19.9. The maximum Gasteiger partial charge on any atom is 0.387 e. The van der Waals surface area contributed by atoms with E-state index in [4.69, 9.17) is 4.84 Å². The van der Waals surface area contributed by atoms with Crippen LogP contribution in [0.2, 0.25) is 0 Å². The van der Waals surface area contributed by atoms with E-state index in [0.717, 1.165) is 5.56 Å². The molecule has 0 aliphatic rings. The number of carbonyl (C=O) groups excluding carboxylic acids is 1. The van der Waals surface area contributed by atoms with Crippen LogP contribution in [0, 0.1) is 0 Å². The minimum absolute atomic E-state index is 0.0246. The van der Waals surface area contributed by atoms with E-state index in [0.29, 0.717) is 11.3 Å². The van der Waals surface area contributed by atoms with Crippen LogP contribution in [0.25, 0.3) is 0 Å². The first kappa shape index (κ1) is 20.4. The van der Waals surface area contributed by atoms with Gasteiger partial charge in [0.15, 0.2) is 6.61 Å². The Morgan fingerprint density at radius 2 is 1.81 bits per heavy atom. The highest BCUT2D eigenvalue weighted by Gasteiger charge is 2.18. The molecule has 1 amide bonds. The molecule has 0 radical (unpaired) electrons. The van der Waals surface area contributed by atoms with E-state index in [-0.39, 0.29) is 23.7 Å². The van der Waals surface area contributed by atoms with Gasteiger partial charge in [-0.05, 0) is 29.2 Å². The molecule has 0 saturated heterocycles. The monoisotopic (exact) mass is 376 g/mol. The third kappa shape index (κ3) is 6.36. The number of nitrogens with one attached hydrogen (secondary N) is 1. The lowest BCUT2D eigenvalue weighted by molar-refractivity contribution is -0.120. The fourth-order valence-corrected chi connectivity index (χ4v) is 2.41. The summed E-state index contributed by atoms with van der Waals surface area (Å²) in [5.41, 5.74) is 1.89. The van der Waals surface area contributed by atoms with E-state index in [1.54, 1.807) is 18.2 Å². The Kier molecular flexibility index (Phi) is 6.87. The second-order valence-electron chi connectivity index (χ2n) is 6.77. The molecule has 0 aliphatic heterocycles. The number of rotatable bonds is 7. The molecule has 0 fully saturated rings. The Morgan fingerprint density at radius 1 is 1.15 bits per heavy atom. The molecule has 0 bridgehead atoms. The summed E-state index contributed by atoms with van der Waals surface area (Å²) in [4.78, 5) is 17.1. The van der Waals surface area contributed by atoms with Gasteiger partial charge in [-0.15, -0.1) is 0 Å². The van der Waals surface area contributed by atoms with Crippen LogP contribution in [0.3, 0.4) is 0 Å². The Morgan fingerprint density at radius 3 is 2.52 bits per heavy atom. The third-order valence-electron chi connectivity index (χ3n) is 3.61. The predicted molar refractivity (Wildman–Crippen MR) is 100 cm³/mol. The van der Waals surface area contributed by atoms with Crippen molar-refractivity contribution in [3.8, 4) is 5.75 Å². The smallest absolute Gasteiger partial charge is 0.387 e. The standard InChI is InChI=1S/C20H22F2N2O3/c1-20(2,3)15-9-5-6-10-16(15)24-18(25)13-26-23-12-14-8-4-7-11-17(14)27-19(21)22/h4-12,19H,13H2,1-3H3,(H,24,25)/b23-12+. The summed E-state index contributed by atoms with van der Waals surface area (Å²) in [5.74, 6) is -0.399. The third-order valence-corrected chi connectivity index (χ3v) is 3.61. The molecule has 2 rings (SSSR count). The van der Waals surface area contributed by atoms with Gasteiger partial charge in [-0.2, -0.15) is 8.78 Å². The van der Waals surface area contributed by atoms with Gasteiger partial charge >= 0.3 is 6.61 Å². The molecular weight excluding hydrogens is 354 g/mol. The number of hydrogen-bond donors (Lipinski definition) is 1. The normalized spacial score (nSPS) is 11.6. The van der Waals surface area contributed by atoms with Crippen molar-refractivity contribution in [1.82, 2.24) is 0 Å².